The second-order valence-electron chi connectivity index (χ2n) is 4.53. The third-order valence-electron chi connectivity index (χ3n) is 2.78. The number of hydrogen-bond donors (Lipinski definition) is 2. The van der Waals surface area contributed by atoms with Gasteiger partial charge in [0.25, 0.3) is 0 Å². The van der Waals surface area contributed by atoms with Crippen LogP contribution in [0.3, 0.4) is 0 Å². The molecule has 0 atom stereocenters. The van der Waals surface area contributed by atoms with Gasteiger partial charge in [0.2, 0.25) is 0 Å². The number of nitrogens with two attached hydrogens (primary N) is 1. The van der Waals surface area contributed by atoms with Crippen LogP contribution in [0.2, 0.25) is 0 Å². The van der Waals surface area contributed by atoms with Crippen molar-refractivity contribution in [2.45, 2.75) is 18.4 Å². The summed E-state index contributed by atoms with van der Waals surface area (Å²) in [6, 6.07) is 1.80. The molecule has 7 nitrogen and oxygen atoms in total. The van der Waals surface area contributed by atoms with E-state index in [1.165, 1.54) is 6.92 Å². The average molecular weight is 328 g/mol. The molecule has 0 aliphatic rings. The van der Waals surface area contributed by atoms with Crippen LogP contribution in [-0.4, -0.2) is 36.8 Å². The van der Waals surface area contributed by atoms with Gasteiger partial charge in [-0.05, 0) is 6.07 Å². The van der Waals surface area contributed by atoms with E-state index in [1.807, 2.05) is 6.20 Å². The van der Waals surface area contributed by atoms with E-state index in [9.17, 15) is 13.2 Å². The van der Waals surface area contributed by atoms with Crippen LogP contribution in [0.5, 0.6) is 0 Å². The van der Waals surface area contributed by atoms with Gasteiger partial charge in [0, 0.05) is 32.1 Å². The third kappa shape index (κ3) is 3.42. The summed E-state index contributed by atoms with van der Waals surface area (Å²) in [7, 11) is -3.51. The van der Waals surface area contributed by atoms with Crippen molar-refractivity contribution in [3.05, 3.63) is 23.3 Å². The Morgan fingerprint density at radius 3 is 2.76 bits per heavy atom. The SMILES string of the molecule is CC(=O)c1sc(NCCn2cccn2)c(S(C)(=O)=O)c1N. The Kier molecular flexibility index (Phi) is 4.33. The Morgan fingerprint density at radius 1 is 1.52 bits per heavy atom. The molecule has 114 valence electrons. The predicted octanol–water partition coefficient (Wildman–Crippen LogP) is 1.24. The van der Waals surface area contributed by atoms with E-state index >= 15 is 0 Å². The molecule has 0 saturated carbocycles. The Bertz CT molecular complexity index is 748. The summed E-state index contributed by atoms with van der Waals surface area (Å²) >= 11 is 1.06. The van der Waals surface area contributed by atoms with Crippen LogP contribution in [0.15, 0.2) is 23.4 Å². The summed E-state index contributed by atoms with van der Waals surface area (Å²) in [5.74, 6) is -0.248. The Balaban J connectivity index is 2.25. The first-order valence-corrected chi connectivity index (χ1v) is 8.86. The van der Waals surface area contributed by atoms with Crippen molar-refractivity contribution in [3.63, 3.8) is 0 Å². The zero-order valence-electron chi connectivity index (χ0n) is 11.7. The predicted molar refractivity (Wildman–Crippen MR) is 82.6 cm³/mol. The van der Waals surface area contributed by atoms with Crippen LogP contribution in [0.4, 0.5) is 10.7 Å². The van der Waals surface area contributed by atoms with E-state index in [0.717, 1.165) is 17.6 Å². The van der Waals surface area contributed by atoms with E-state index in [-0.39, 0.29) is 21.2 Å². The molecular formula is C12H16N4O3S2. The molecule has 9 heteroatoms. The lowest BCUT2D eigenvalue weighted by Crippen LogP contribution is -2.12. The summed E-state index contributed by atoms with van der Waals surface area (Å²) in [6.45, 7) is 2.41. The molecule has 2 aromatic rings. The van der Waals surface area contributed by atoms with Gasteiger partial charge in [-0.25, -0.2) is 8.42 Å². The summed E-state index contributed by atoms with van der Waals surface area (Å²) in [6.07, 6.45) is 4.55. The van der Waals surface area contributed by atoms with Crippen molar-refractivity contribution >= 4 is 37.6 Å². The lowest BCUT2D eigenvalue weighted by atomic mass is 10.3. The number of aromatic nitrogens is 2. The van der Waals surface area contributed by atoms with E-state index < -0.39 is 9.84 Å². The maximum Gasteiger partial charge on any atom is 0.180 e. The molecule has 0 fully saturated rings. The van der Waals surface area contributed by atoms with Gasteiger partial charge >= 0.3 is 0 Å². The van der Waals surface area contributed by atoms with Gasteiger partial charge in [0.15, 0.2) is 15.6 Å². The average Bonchev–Trinajstić information content (AvgIpc) is 2.96. The fourth-order valence-electron chi connectivity index (χ4n) is 1.89. The maximum absolute atomic E-state index is 11.9. The summed E-state index contributed by atoms with van der Waals surface area (Å²) in [4.78, 5) is 11.8. The minimum absolute atomic E-state index is 0.00170. The number of carbonyl (C=O) groups is 1. The van der Waals surface area contributed by atoms with Crippen LogP contribution >= 0.6 is 11.3 Å². The van der Waals surface area contributed by atoms with Crippen LogP contribution in [0, 0.1) is 0 Å². The molecule has 0 bridgehead atoms. The number of Topliss-reactive ketones (excluding diaryl/α,β-unsaturated/α-hetero) is 1. The topological polar surface area (TPSA) is 107 Å². The number of nitrogen functional groups attached to an aromatic ring is 1. The lowest BCUT2D eigenvalue weighted by molar-refractivity contribution is 0.102. The van der Waals surface area contributed by atoms with Gasteiger partial charge in [-0.3, -0.25) is 9.48 Å². The molecule has 0 spiro atoms. The zero-order valence-corrected chi connectivity index (χ0v) is 13.3. The number of anilines is 2. The van der Waals surface area contributed by atoms with Crippen molar-refractivity contribution in [1.82, 2.24) is 9.78 Å². The Morgan fingerprint density at radius 2 is 2.24 bits per heavy atom. The molecule has 0 radical (unpaired) electrons. The first-order valence-electron chi connectivity index (χ1n) is 6.15. The molecule has 0 aliphatic heterocycles. The number of rotatable bonds is 6. The van der Waals surface area contributed by atoms with Crippen molar-refractivity contribution in [3.8, 4) is 0 Å². The van der Waals surface area contributed by atoms with Crippen LogP contribution < -0.4 is 11.1 Å². The van der Waals surface area contributed by atoms with Crippen molar-refractivity contribution in [2.75, 3.05) is 23.9 Å². The van der Waals surface area contributed by atoms with E-state index in [1.54, 1.807) is 16.9 Å². The van der Waals surface area contributed by atoms with E-state index in [2.05, 4.69) is 10.4 Å². The molecule has 0 saturated heterocycles. The Hall–Kier alpha value is -1.87. The minimum atomic E-state index is -3.51. The number of hydrogen-bond acceptors (Lipinski definition) is 7. The highest BCUT2D eigenvalue weighted by Crippen LogP contribution is 2.39. The summed E-state index contributed by atoms with van der Waals surface area (Å²) in [5.41, 5.74) is 5.84. The zero-order chi connectivity index (χ0) is 15.6. The van der Waals surface area contributed by atoms with Crippen LogP contribution in [0.25, 0.3) is 0 Å². The molecule has 21 heavy (non-hydrogen) atoms. The second-order valence-corrected chi connectivity index (χ2v) is 7.50. The first-order chi connectivity index (χ1) is 9.80. The molecule has 2 aromatic heterocycles. The standard InChI is InChI=1S/C12H16N4O3S2/c1-8(17)10-9(13)11(21(2,18)19)12(20-10)14-5-7-16-6-3-4-15-16/h3-4,6,14H,5,7,13H2,1-2H3. The van der Waals surface area contributed by atoms with Gasteiger partial charge in [-0.1, -0.05) is 0 Å². The van der Waals surface area contributed by atoms with E-state index in [4.69, 9.17) is 5.73 Å². The highest BCUT2D eigenvalue weighted by molar-refractivity contribution is 7.91. The third-order valence-corrected chi connectivity index (χ3v) is 5.33. The molecule has 0 aromatic carbocycles. The number of nitrogens with zero attached hydrogens (tertiary/aromatic N) is 2. The lowest BCUT2D eigenvalue weighted by Gasteiger charge is -2.07. The smallest absolute Gasteiger partial charge is 0.180 e. The van der Waals surface area contributed by atoms with Gasteiger partial charge in [-0.15, -0.1) is 11.3 Å². The molecule has 0 aliphatic carbocycles. The van der Waals surface area contributed by atoms with E-state index in [0.29, 0.717) is 18.1 Å². The van der Waals surface area contributed by atoms with Crippen LogP contribution in [-0.2, 0) is 16.4 Å². The van der Waals surface area contributed by atoms with Crippen LogP contribution in [0.1, 0.15) is 16.6 Å². The molecule has 0 unspecified atom stereocenters. The van der Waals surface area contributed by atoms with Gasteiger partial charge < -0.3 is 11.1 Å². The summed E-state index contributed by atoms with van der Waals surface area (Å²) in [5, 5.41) is 7.47. The van der Waals surface area contributed by atoms with Gasteiger partial charge in [-0.2, -0.15) is 5.10 Å². The minimum Gasteiger partial charge on any atom is -0.396 e. The normalized spacial score (nSPS) is 11.5. The van der Waals surface area contributed by atoms with Crippen molar-refractivity contribution < 1.29 is 13.2 Å². The number of thiophene rings is 1. The van der Waals surface area contributed by atoms with Gasteiger partial charge in [0.05, 0.1) is 17.1 Å². The fourth-order valence-corrected chi connectivity index (χ4v) is 4.38. The van der Waals surface area contributed by atoms with Gasteiger partial charge in [0.1, 0.15) is 9.90 Å². The fraction of sp³-hybridized carbons (Fsp3) is 0.333. The van der Waals surface area contributed by atoms with Crippen molar-refractivity contribution in [1.29, 1.82) is 0 Å². The van der Waals surface area contributed by atoms with Crippen molar-refractivity contribution in [2.24, 2.45) is 0 Å². The first kappa shape index (κ1) is 15.5. The number of ketones is 1. The summed E-state index contributed by atoms with van der Waals surface area (Å²) < 4.78 is 25.4. The highest BCUT2D eigenvalue weighted by atomic mass is 32.2. The molecule has 2 heterocycles. The Labute approximate surface area is 126 Å². The quantitative estimate of drug-likeness (QED) is 0.773. The molecule has 2 rings (SSSR count). The molecule has 0 amide bonds. The largest absolute Gasteiger partial charge is 0.396 e. The molecule has 3 N–H and O–H groups in total. The second kappa shape index (κ2) is 5.86. The number of sulfone groups is 1. The maximum atomic E-state index is 11.9. The number of nitrogens with one attached hydrogen (secondary N) is 1. The number of carbonyl (C=O) groups excluding carboxylic acids is 1. The molecular weight excluding hydrogens is 312 g/mol. The highest BCUT2D eigenvalue weighted by Gasteiger charge is 2.25. The monoisotopic (exact) mass is 328 g/mol.